The topological polar surface area (TPSA) is 57.6 Å². The Balaban J connectivity index is 2.06. The molecule has 1 aliphatic heterocycles. The number of carbonyl (C=O) groups is 2. The van der Waals surface area contributed by atoms with E-state index >= 15 is 0 Å². The number of amides is 1. The average molecular weight is 267 g/mol. The molecule has 1 unspecified atom stereocenters. The van der Waals surface area contributed by atoms with Crippen LogP contribution in [-0.4, -0.2) is 35.0 Å². The van der Waals surface area contributed by atoms with Gasteiger partial charge in [-0.25, -0.2) is 0 Å². The van der Waals surface area contributed by atoms with Crippen LogP contribution in [0.2, 0.25) is 0 Å². The highest BCUT2D eigenvalue weighted by Gasteiger charge is 2.47. The minimum absolute atomic E-state index is 0.0695. The van der Waals surface area contributed by atoms with Crippen molar-refractivity contribution in [1.29, 1.82) is 0 Å². The summed E-state index contributed by atoms with van der Waals surface area (Å²) in [6.07, 6.45) is 2.26. The van der Waals surface area contributed by atoms with Gasteiger partial charge in [-0.1, -0.05) is 27.7 Å². The third-order valence-electron chi connectivity index (χ3n) is 4.89. The van der Waals surface area contributed by atoms with Gasteiger partial charge in [0.15, 0.2) is 0 Å². The van der Waals surface area contributed by atoms with Crippen molar-refractivity contribution in [2.75, 3.05) is 13.1 Å². The van der Waals surface area contributed by atoms with E-state index in [1.54, 1.807) is 4.90 Å². The maximum Gasteiger partial charge on any atom is 0.308 e. The highest BCUT2D eigenvalue weighted by molar-refractivity contribution is 5.81. The van der Waals surface area contributed by atoms with Crippen molar-refractivity contribution in [3.63, 3.8) is 0 Å². The highest BCUT2D eigenvalue weighted by Crippen LogP contribution is 2.44. The summed E-state index contributed by atoms with van der Waals surface area (Å²) in [6, 6.07) is 0. The van der Waals surface area contributed by atoms with Gasteiger partial charge in [0.25, 0.3) is 0 Å². The van der Waals surface area contributed by atoms with Crippen molar-refractivity contribution < 1.29 is 14.7 Å². The molecule has 0 radical (unpaired) electrons. The number of carboxylic acids is 1. The summed E-state index contributed by atoms with van der Waals surface area (Å²) >= 11 is 0. The molecule has 2 rings (SSSR count). The van der Waals surface area contributed by atoms with Crippen LogP contribution < -0.4 is 0 Å². The van der Waals surface area contributed by atoms with Crippen molar-refractivity contribution >= 4 is 11.9 Å². The van der Waals surface area contributed by atoms with E-state index in [0.29, 0.717) is 19.0 Å². The van der Waals surface area contributed by atoms with Crippen molar-refractivity contribution in [1.82, 2.24) is 4.90 Å². The molecule has 1 saturated carbocycles. The van der Waals surface area contributed by atoms with Crippen LogP contribution in [0.15, 0.2) is 0 Å². The zero-order valence-electron chi connectivity index (χ0n) is 12.3. The van der Waals surface area contributed by atoms with Crippen LogP contribution in [0.25, 0.3) is 0 Å². The van der Waals surface area contributed by atoms with E-state index in [0.717, 1.165) is 12.8 Å². The molecule has 3 atom stereocenters. The summed E-state index contributed by atoms with van der Waals surface area (Å²) in [4.78, 5) is 25.6. The SMILES string of the molecule is CC(C(=O)N1C[C@H](C(=O)O)[C@@H](C2CC2)C1)C(C)(C)C. The number of nitrogens with zero attached hydrogens (tertiary/aromatic N) is 1. The van der Waals surface area contributed by atoms with E-state index in [-0.39, 0.29) is 29.1 Å². The Morgan fingerprint density at radius 3 is 2.21 bits per heavy atom. The molecule has 1 N–H and O–H groups in total. The predicted molar refractivity (Wildman–Crippen MR) is 72.5 cm³/mol. The molecule has 2 aliphatic rings. The molecular formula is C15H25NO3. The minimum Gasteiger partial charge on any atom is -0.481 e. The number of carbonyl (C=O) groups excluding carboxylic acids is 1. The lowest BCUT2D eigenvalue weighted by atomic mass is 9.81. The largest absolute Gasteiger partial charge is 0.481 e. The Morgan fingerprint density at radius 2 is 1.79 bits per heavy atom. The summed E-state index contributed by atoms with van der Waals surface area (Å²) in [7, 11) is 0. The van der Waals surface area contributed by atoms with Crippen molar-refractivity contribution in [3.05, 3.63) is 0 Å². The van der Waals surface area contributed by atoms with Gasteiger partial charge in [-0.05, 0) is 30.1 Å². The number of aliphatic carboxylic acids is 1. The van der Waals surface area contributed by atoms with Gasteiger partial charge < -0.3 is 10.0 Å². The lowest BCUT2D eigenvalue weighted by Gasteiger charge is -2.30. The minimum atomic E-state index is -0.740. The molecule has 0 aromatic heterocycles. The summed E-state index contributed by atoms with van der Waals surface area (Å²) < 4.78 is 0. The van der Waals surface area contributed by atoms with Gasteiger partial charge in [0, 0.05) is 19.0 Å². The maximum atomic E-state index is 12.5. The summed E-state index contributed by atoms with van der Waals surface area (Å²) in [5.41, 5.74) is -0.0759. The molecule has 1 heterocycles. The molecule has 19 heavy (non-hydrogen) atoms. The standard InChI is InChI=1S/C15H25NO3/c1-9(15(2,3)4)13(17)16-7-11(10-5-6-10)12(8-16)14(18)19/h9-12H,5-8H2,1-4H3,(H,18,19)/t9?,11-,12+/m1/s1. The summed E-state index contributed by atoms with van der Waals surface area (Å²) in [5.74, 6) is -0.349. The normalized spacial score (nSPS) is 29.4. The lowest BCUT2D eigenvalue weighted by Crippen LogP contribution is -2.39. The highest BCUT2D eigenvalue weighted by atomic mass is 16.4. The van der Waals surface area contributed by atoms with Crippen LogP contribution >= 0.6 is 0 Å². The Morgan fingerprint density at radius 1 is 1.21 bits per heavy atom. The van der Waals surface area contributed by atoms with Gasteiger partial charge in [0.2, 0.25) is 5.91 Å². The second-order valence-electron chi connectivity index (χ2n) is 7.28. The van der Waals surface area contributed by atoms with Gasteiger partial charge in [-0.3, -0.25) is 9.59 Å². The van der Waals surface area contributed by atoms with Crippen LogP contribution in [0.5, 0.6) is 0 Å². The lowest BCUT2D eigenvalue weighted by molar-refractivity contribution is -0.143. The number of hydrogen-bond donors (Lipinski definition) is 1. The van der Waals surface area contributed by atoms with Crippen LogP contribution in [-0.2, 0) is 9.59 Å². The second kappa shape index (κ2) is 4.80. The smallest absolute Gasteiger partial charge is 0.308 e. The first-order valence-corrected chi connectivity index (χ1v) is 7.23. The second-order valence-corrected chi connectivity index (χ2v) is 7.28. The quantitative estimate of drug-likeness (QED) is 0.853. The average Bonchev–Trinajstić information content (AvgIpc) is 3.04. The van der Waals surface area contributed by atoms with Crippen LogP contribution in [0.1, 0.15) is 40.5 Å². The number of rotatable bonds is 3. The third kappa shape index (κ3) is 2.93. The van der Waals surface area contributed by atoms with Gasteiger partial charge in [-0.2, -0.15) is 0 Å². The zero-order chi connectivity index (χ0) is 14.4. The van der Waals surface area contributed by atoms with Crippen LogP contribution in [0.3, 0.4) is 0 Å². The van der Waals surface area contributed by atoms with Crippen molar-refractivity contribution in [2.24, 2.45) is 29.1 Å². The third-order valence-corrected chi connectivity index (χ3v) is 4.89. The van der Waals surface area contributed by atoms with Crippen molar-refractivity contribution in [3.8, 4) is 0 Å². The fraction of sp³-hybridized carbons (Fsp3) is 0.867. The number of hydrogen-bond acceptors (Lipinski definition) is 2. The van der Waals surface area contributed by atoms with Gasteiger partial charge >= 0.3 is 5.97 Å². The van der Waals surface area contributed by atoms with E-state index in [2.05, 4.69) is 20.8 Å². The molecule has 1 saturated heterocycles. The molecule has 1 amide bonds. The van der Waals surface area contributed by atoms with E-state index in [9.17, 15) is 14.7 Å². The summed E-state index contributed by atoms with van der Waals surface area (Å²) in [6.45, 7) is 9.15. The fourth-order valence-corrected chi connectivity index (χ4v) is 2.92. The predicted octanol–water partition coefficient (Wildman–Crippen LogP) is 2.24. The number of carboxylic acid groups (broad SMARTS) is 1. The Bertz CT molecular complexity index is 381. The Kier molecular flexibility index (Phi) is 3.63. The van der Waals surface area contributed by atoms with E-state index in [1.165, 1.54) is 0 Å². The first kappa shape index (κ1) is 14.4. The molecule has 4 nitrogen and oxygen atoms in total. The first-order valence-electron chi connectivity index (χ1n) is 7.23. The molecule has 1 aliphatic carbocycles. The molecule has 0 bridgehead atoms. The molecule has 0 aromatic carbocycles. The molecule has 4 heteroatoms. The number of likely N-dealkylation sites (tertiary alicyclic amines) is 1. The van der Waals surface area contributed by atoms with Crippen LogP contribution in [0, 0.1) is 29.1 Å². The first-order chi connectivity index (χ1) is 8.71. The molecule has 108 valence electrons. The monoisotopic (exact) mass is 267 g/mol. The Hall–Kier alpha value is -1.06. The fourth-order valence-electron chi connectivity index (χ4n) is 2.92. The van der Waals surface area contributed by atoms with E-state index in [4.69, 9.17) is 0 Å². The summed E-state index contributed by atoms with van der Waals surface area (Å²) in [5, 5.41) is 9.32. The van der Waals surface area contributed by atoms with Gasteiger partial charge in [0.05, 0.1) is 5.92 Å². The molecule has 0 spiro atoms. The van der Waals surface area contributed by atoms with E-state index in [1.807, 2.05) is 6.92 Å². The molecular weight excluding hydrogens is 242 g/mol. The van der Waals surface area contributed by atoms with Crippen LogP contribution in [0.4, 0.5) is 0 Å². The zero-order valence-corrected chi connectivity index (χ0v) is 12.3. The van der Waals surface area contributed by atoms with Gasteiger partial charge in [0.1, 0.15) is 0 Å². The molecule has 2 fully saturated rings. The maximum absolute atomic E-state index is 12.5. The van der Waals surface area contributed by atoms with Gasteiger partial charge in [-0.15, -0.1) is 0 Å². The molecule has 0 aromatic rings. The Labute approximate surface area is 115 Å². The van der Waals surface area contributed by atoms with E-state index < -0.39 is 5.97 Å². The van der Waals surface area contributed by atoms with Crippen molar-refractivity contribution in [2.45, 2.75) is 40.5 Å².